The summed E-state index contributed by atoms with van der Waals surface area (Å²) in [6.07, 6.45) is 3.35. The number of amides is 1. The molecule has 7 N–H and O–H groups in total. The summed E-state index contributed by atoms with van der Waals surface area (Å²) in [5.74, 6) is -8.78. The molecule has 1 amide bonds. The molecule has 0 aliphatic carbocycles. The number of carbonyl (C=O) groups excluding carboxylic acids is 3. The number of nitrogens with one attached hydrogen (secondary N) is 1. The SMILES string of the molecule is CO[C@H]1/C=C/O[C@@]2(C)Oc3c(C)c(O)c4c(O)c(c(CO)c(O)c4c3C2=O)NC(=O)/C(C)=C/C=C/[C@H](C)[C@H](O)[C@@H](C)[C@@H](O)[C@@H](C)[C@H](OC(C)=O)[C@@H]1C. The summed E-state index contributed by atoms with van der Waals surface area (Å²) in [6, 6.07) is 0. The highest BCUT2D eigenvalue weighted by molar-refractivity contribution is 6.22. The van der Waals surface area contributed by atoms with Gasteiger partial charge in [-0.05, 0) is 19.9 Å². The summed E-state index contributed by atoms with van der Waals surface area (Å²) >= 11 is 0. The predicted molar refractivity (Wildman–Crippen MR) is 190 cm³/mol. The third-order valence-corrected chi connectivity index (χ3v) is 10.3. The number of phenolic OH excluding ortho intramolecular Hbond substituents is 2. The number of esters is 1. The van der Waals surface area contributed by atoms with Crippen molar-refractivity contribution in [2.45, 2.75) is 92.2 Å². The van der Waals surface area contributed by atoms with E-state index in [1.54, 1.807) is 33.8 Å². The zero-order valence-electron chi connectivity index (χ0n) is 30.8. The van der Waals surface area contributed by atoms with Gasteiger partial charge in [0.05, 0.1) is 47.8 Å². The fourth-order valence-corrected chi connectivity index (χ4v) is 6.94. The van der Waals surface area contributed by atoms with Gasteiger partial charge in [0, 0.05) is 66.7 Å². The maximum Gasteiger partial charge on any atom is 0.312 e. The minimum Gasteiger partial charge on any atom is -0.507 e. The van der Waals surface area contributed by atoms with Gasteiger partial charge in [0.1, 0.15) is 23.4 Å². The quantitative estimate of drug-likeness (QED) is 0.134. The number of ether oxygens (including phenoxy) is 4. The van der Waals surface area contributed by atoms with Crippen molar-refractivity contribution in [3.63, 3.8) is 0 Å². The van der Waals surface area contributed by atoms with E-state index in [-0.39, 0.29) is 44.5 Å². The van der Waals surface area contributed by atoms with Crippen molar-refractivity contribution in [1.82, 2.24) is 0 Å². The van der Waals surface area contributed by atoms with Crippen LogP contribution in [-0.2, 0) is 30.4 Å². The number of hydrogen-bond donors (Lipinski definition) is 7. The molecule has 52 heavy (non-hydrogen) atoms. The van der Waals surface area contributed by atoms with E-state index in [9.17, 15) is 45.0 Å². The third kappa shape index (κ3) is 7.20. The van der Waals surface area contributed by atoms with E-state index in [1.807, 2.05) is 0 Å². The Balaban J connectivity index is 1.93. The van der Waals surface area contributed by atoms with Crippen molar-refractivity contribution in [3.05, 3.63) is 52.8 Å². The van der Waals surface area contributed by atoms with Crippen molar-refractivity contribution in [2.75, 3.05) is 12.4 Å². The van der Waals surface area contributed by atoms with Crippen LogP contribution in [0.15, 0.2) is 36.1 Å². The highest BCUT2D eigenvalue weighted by Crippen LogP contribution is 2.55. The van der Waals surface area contributed by atoms with Gasteiger partial charge in [0.15, 0.2) is 5.75 Å². The van der Waals surface area contributed by atoms with E-state index in [0.29, 0.717) is 0 Å². The minimum atomic E-state index is -2.05. The van der Waals surface area contributed by atoms with Crippen molar-refractivity contribution in [1.29, 1.82) is 0 Å². The number of ketones is 1. The van der Waals surface area contributed by atoms with Gasteiger partial charge in [-0.3, -0.25) is 14.4 Å². The summed E-state index contributed by atoms with van der Waals surface area (Å²) < 4.78 is 23.2. The molecule has 2 aromatic carbocycles. The monoisotopic (exact) mass is 727 g/mol. The number of aromatic hydroxyl groups is 3. The van der Waals surface area contributed by atoms with Gasteiger partial charge < -0.3 is 54.9 Å². The molecule has 0 saturated heterocycles. The van der Waals surface area contributed by atoms with Crippen LogP contribution in [0.1, 0.15) is 70.0 Å². The van der Waals surface area contributed by atoms with Gasteiger partial charge in [0.2, 0.25) is 0 Å². The summed E-state index contributed by atoms with van der Waals surface area (Å²) in [5.41, 5.74) is -0.812. The molecule has 5 rings (SSSR count). The number of Topliss-reactive ketones (excluding diaryl/α,β-unsaturated/α-hetero) is 1. The Labute approximate surface area is 302 Å². The summed E-state index contributed by atoms with van der Waals surface area (Å²) in [5, 5.41) is 68.9. The standard InChI is InChI=1S/C38H49NO13/c1-16-11-10-12-17(2)37(48)39-28-23(15-40)32(45)25-26(33(28)46)31(44)21(6)35-27(25)36(47)38(8,52-35)50-14-13-24(49-9)18(3)34(51-22(7)41)20(5)30(43)19(4)29(16)42/h10-14,16,18-20,24,29-30,34,40,42-46H,15H2,1-9H3,(H,39,48)/b11-10+,14-13+,17-12+/t16-,18+,19+,20+,24-,29-,30+,34+,38-/m0/s1. The van der Waals surface area contributed by atoms with Gasteiger partial charge in [0.25, 0.3) is 11.7 Å². The molecular weight excluding hydrogens is 678 g/mol. The first-order valence-corrected chi connectivity index (χ1v) is 17.0. The second kappa shape index (κ2) is 15.5. The molecule has 0 radical (unpaired) electrons. The van der Waals surface area contributed by atoms with E-state index in [4.69, 9.17) is 18.9 Å². The molecule has 3 heterocycles. The summed E-state index contributed by atoms with van der Waals surface area (Å²) in [4.78, 5) is 39.6. The normalized spacial score (nSPS) is 32.4. The molecule has 0 saturated carbocycles. The lowest BCUT2D eigenvalue weighted by Crippen LogP contribution is -2.46. The van der Waals surface area contributed by atoms with E-state index >= 15 is 0 Å². The largest absolute Gasteiger partial charge is 0.507 e. The highest BCUT2D eigenvalue weighted by Gasteiger charge is 2.50. The molecule has 2 aromatic rings. The maximum absolute atomic E-state index is 14.1. The Bertz CT molecular complexity index is 1830. The second-order valence-corrected chi connectivity index (χ2v) is 13.8. The van der Waals surface area contributed by atoms with Crippen LogP contribution in [0, 0.1) is 30.6 Å². The average Bonchev–Trinajstić information content (AvgIpc) is 3.36. The van der Waals surface area contributed by atoms with Crippen LogP contribution >= 0.6 is 0 Å². The molecular formula is C38H49NO13. The zero-order valence-corrected chi connectivity index (χ0v) is 30.8. The van der Waals surface area contributed by atoms with Gasteiger partial charge >= 0.3 is 11.8 Å². The lowest BCUT2D eigenvalue weighted by molar-refractivity contribution is -0.160. The second-order valence-electron chi connectivity index (χ2n) is 13.8. The van der Waals surface area contributed by atoms with Gasteiger partial charge in [-0.15, -0.1) is 0 Å². The lowest BCUT2D eigenvalue weighted by Gasteiger charge is -2.38. The fraction of sp³-hybridized carbons (Fsp3) is 0.500. The summed E-state index contributed by atoms with van der Waals surface area (Å²) in [6.45, 7) is 11.4. The first-order valence-electron chi connectivity index (χ1n) is 17.0. The topological polar surface area (TPSA) is 222 Å². The van der Waals surface area contributed by atoms with Crippen LogP contribution in [0.2, 0.25) is 0 Å². The number of hydrogen-bond acceptors (Lipinski definition) is 13. The zero-order chi connectivity index (χ0) is 39.0. The number of phenols is 3. The molecule has 284 valence electrons. The fourth-order valence-electron chi connectivity index (χ4n) is 6.94. The first-order chi connectivity index (χ1) is 24.3. The third-order valence-electron chi connectivity index (χ3n) is 10.3. The number of benzene rings is 2. The number of fused-ring (bicyclic) bond motifs is 14. The Hall–Kier alpha value is -4.63. The van der Waals surface area contributed by atoms with E-state index < -0.39 is 95.4 Å². The predicted octanol–water partition coefficient (Wildman–Crippen LogP) is 4.25. The lowest BCUT2D eigenvalue weighted by atomic mass is 9.78. The molecule has 3 aliphatic heterocycles. The van der Waals surface area contributed by atoms with Crippen molar-refractivity contribution < 1.29 is 64.0 Å². The average molecular weight is 728 g/mol. The molecule has 14 heteroatoms. The summed E-state index contributed by atoms with van der Waals surface area (Å²) in [7, 11) is 1.42. The van der Waals surface area contributed by atoms with Crippen molar-refractivity contribution in [2.24, 2.45) is 23.7 Å². The molecule has 9 atom stereocenters. The van der Waals surface area contributed by atoms with E-state index in [0.717, 1.165) is 6.26 Å². The number of rotatable bonds is 3. The van der Waals surface area contributed by atoms with Crippen LogP contribution in [0.5, 0.6) is 23.0 Å². The van der Waals surface area contributed by atoms with Crippen molar-refractivity contribution in [3.8, 4) is 23.0 Å². The number of anilines is 1. The van der Waals surface area contributed by atoms with E-state index in [1.165, 1.54) is 53.0 Å². The van der Waals surface area contributed by atoms with Crippen LogP contribution in [0.3, 0.4) is 0 Å². The Morgan fingerprint density at radius 1 is 0.942 bits per heavy atom. The minimum absolute atomic E-state index is 0.0216. The molecule has 0 unspecified atom stereocenters. The number of allylic oxidation sites excluding steroid dienone is 2. The molecule has 0 aromatic heterocycles. The van der Waals surface area contributed by atoms with Crippen LogP contribution in [0.25, 0.3) is 10.8 Å². The number of carbonyl (C=O) groups is 3. The highest BCUT2D eigenvalue weighted by atomic mass is 16.7. The van der Waals surface area contributed by atoms with Crippen LogP contribution < -0.4 is 10.1 Å². The Morgan fingerprint density at radius 3 is 2.19 bits per heavy atom. The Morgan fingerprint density at radius 2 is 1.60 bits per heavy atom. The Kier molecular flexibility index (Phi) is 12.0. The molecule has 5 bridgehead atoms. The number of aliphatic hydroxyl groups is 3. The van der Waals surface area contributed by atoms with Crippen molar-refractivity contribution >= 4 is 34.1 Å². The molecule has 3 aliphatic rings. The van der Waals surface area contributed by atoms with Crippen LogP contribution in [0.4, 0.5) is 5.69 Å². The number of aliphatic hydroxyl groups excluding tert-OH is 3. The molecule has 0 spiro atoms. The van der Waals surface area contributed by atoms with Crippen LogP contribution in [-0.4, -0.2) is 85.6 Å². The van der Waals surface area contributed by atoms with Gasteiger partial charge in [-0.25, -0.2) is 0 Å². The maximum atomic E-state index is 14.1. The van der Waals surface area contributed by atoms with E-state index in [2.05, 4.69) is 5.32 Å². The first kappa shape index (κ1) is 40.1. The van der Waals surface area contributed by atoms with Gasteiger partial charge in [-0.1, -0.05) is 45.9 Å². The molecule has 0 fully saturated rings. The number of methoxy groups -OCH3 is 1. The molecule has 14 nitrogen and oxygen atoms in total. The van der Waals surface area contributed by atoms with Gasteiger partial charge in [-0.2, -0.15) is 0 Å². The smallest absolute Gasteiger partial charge is 0.312 e.